The van der Waals surface area contributed by atoms with E-state index in [1.54, 1.807) is 0 Å². The van der Waals surface area contributed by atoms with Crippen molar-refractivity contribution in [3.8, 4) is 11.1 Å². The molecule has 3 rings (SSSR count). The molecule has 172 valence electrons. The lowest BCUT2D eigenvalue weighted by Crippen LogP contribution is -2.39. The van der Waals surface area contributed by atoms with Crippen molar-refractivity contribution in [2.75, 3.05) is 6.61 Å². The normalized spacial score (nSPS) is 12.6. The van der Waals surface area contributed by atoms with E-state index in [0.29, 0.717) is 12.0 Å². The number of primary sulfonamides is 1. The molecule has 0 fully saturated rings. The van der Waals surface area contributed by atoms with Crippen LogP contribution >= 0.6 is 0 Å². The smallest absolute Gasteiger partial charge is 0.251 e. The second-order valence-electron chi connectivity index (χ2n) is 7.34. The third-order valence-electron chi connectivity index (χ3n) is 4.92. The molecule has 0 aliphatic carbocycles. The number of hydrazone groups is 1. The molecule has 0 heterocycles. The summed E-state index contributed by atoms with van der Waals surface area (Å²) in [6, 6.07) is 16.0. The van der Waals surface area contributed by atoms with Crippen LogP contribution in [0.4, 0.5) is 4.39 Å². The molecule has 1 amide bonds. The predicted octanol–water partition coefficient (Wildman–Crippen LogP) is 1.77. The Morgan fingerprint density at radius 1 is 1.12 bits per heavy atom. The number of aliphatic hydroxyl groups is 1. The maximum Gasteiger partial charge on any atom is 0.251 e. The molecule has 0 saturated heterocycles. The van der Waals surface area contributed by atoms with Crippen LogP contribution in [0.2, 0.25) is 0 Å². The quantitative estimate of drug-likeness (QED) is 0.225. The largest absolute Gasteiger partial charge is 0.394 e. The van der Waals surface area contributed by atoms with Crippen molar-refractivity contribution < 1.29 is 22.7 Å². The zero-order valence-corrected chi connectivity index (χ0v) is 18.3. The van der Waals surface area contributed by atoms with Gasteiger partial charge < -0.3 is 16.3 Å². The fourth-order valence-electron chi connectivity index (χ4n) is 3.38. The van der Waals surface area contributed by atoms with E-state index in [2.05, 4.69) is 10.4 Å². The van der Waals surface area contributed by atoms with Crippen LogP contribution in [0.3, 0.4) is 0 Å². The van der Waals surface area contributed by atoms with Gasteiger partial charge >= 0.3 is 0 Å². The molecule has 3 aromatic carbocycles. The van der Waals surface area contributed by atoms with Crippen molar-refractivity contribution in [1.82, 2.24) is 5.32 Å². The van der Waals surface area contributed by atoms with Gasteiger partial charge in [0.2, 0.25) is 10.0 Å². The van der Waals surface area contributed by atoms with Crippen molar-refractivity contribution in [2.24, 2.45) is 16.1 Å². The predicted molar refractivity (Wildman–Crippen MR) is 123 cm³/mol. The molecule has 1 atom stereocenters. The van der Waals surface area contributed by atoms with Crippen LogP contribution in [0.15, 0.2) is 76.7 Å². The number of hydrogen-bond acceptors (Lipinski definition) is 6. The minimum absolute atomic E-state index is 0.0959. The number of nitrogens with two attached hydrogens (primary N) is 2. The highest BCUT2D eigenvalue weighted by Crippen LogP contribution is 2.28. The molecule has 6 N–H and O–H groups in total. The summed E-state index contributed by atoms with van der Waals surface area (Å²) in [7, 11) is -4.07. The Bertz CT molecular complexity index is 1280. The summed E-state index contributed by atoms with van der Waals surface area (Å²) in [5, 5.41) is 21.2. The van der Waals surface area contributed by atoms with E-state index in [1.807, 2.05) is 24.3 Å². The van der Waals surface area contributed by atoms with E-state index in [-0.39, 0.29) is 22.6 Å². The van der Waals surface area contributed by atoms with Gasteiger partial charge in [0, 0.05) is 11.1 Å². The maximum atomic E-state index is 13.7. The van der Waals surface area contributed by atoms with Gasteiger partial charge in [-0.15, -0.1) is 0 Å². The lowest BCUT2D eigenvalue weighted by molar-refractivity contribution is 0.0916. The fourth-order valence-corrected chi connectivity index (χ4v) is 4.12. The summed E-state index contributed by atoms with van der Waals surface area (Å²) < 4.78 is 37.4. The lowest BCUT2D eigenvalue weighted by atomic mass is 10.0. The van der Waals surface area contributed by atoms with Crippen LogP contribution in [-0.2, 0) is 16.4 Å². The Balaban J connectivity index is 1.77. The molecular formula is C23H23FN4O4S. The number of nitrogens with zero attached hydrogens (tertiary/aromatic N) is 1. The summed E-state index contributed by atoms with van der Waals surface area (Å²) in [6.45, 7) is -0.278. The monoisotopic (exact) mass is 470 g/mol. The van der Waals surface area contributed by atoms with E-state index in [1.165, 1.54) is 30.5 Å². The second-order valence-corrected chi connectivity index (χ2v) is 8.87. The van der Waals surface area contributed by atoms with E-state index < -0.39 is 27.8 Å². The van der Waals surface area contributed by atoms with Crippen molar-refractivity contribution in [2.45, 2.75) is 17.4 Å². The molecule has 0 unspecified atom stereocenters. The third kappa shape index (κ3) is 6.22. The SMILES string of the molecule is NN=Cc1cccc(C[C@@H](CO)NC(=O)c2ccc(-c3cc(F)ccc3S(N)(=O)=O)cc2)c1. The highest BCUT2D eigenvalue weighted by atomic mass is 32.2. The summed E-state index contributed by atoms with van der Waals surface area (Å²) in [6.07, 6.45) is 1.88. The minimum Gasteiger partial charge on any atom is -0.394 e. The molecule has 10 heteroatoms. The summed E-state index contributed by atoms with van der Waals surface area (Å²) >= 11 is 0. The molecule has 0 aromatic heterocycles. The first kappa shape index (κ1) is 24.1. The number of carbonyl (C=O) groups is 1. The Kier molecular flexibility index (Phi) is 7.54. The highest BCUT2D eigenvalue weighted by molar-refractivity contribution is 7.89. The van der Waals surface area contributed by atoms with E-state index in [0.717, 1.165) is 29.3 Å². The Labute approximate surface area is 190 Å². The minimum atomic E-state index is -4.07. The number of hydrogen-bond donors (Lipinski definition) is 4. The first-order valence-corrected chi connectivity index (χ1v) is 11.4. The molecule has 0 saturated carbocycles. The van der Waals surface area contributed by atoms with Gasteiger partial charge in [-0.3, -0.25) is 4.79 Å². The number of sulfonamides is 1. The topological polar surface area (TPSA) is 148 Å². The van der Waals surface area contributed by atoms with Gasteiger partial charge in [-0.2, -0.15) is 5.10 Å². The number of halogens is 1. The zero-order valence-electron chi connectivity index (χ0n) is 17.5. The molecule has 0 spiro atoms. The Morgan fingerprint density at radius 3 is 2.48 bits per heavy atom. The molecule has 3 aromatic rings. The van der Waals surface area contributed by atoms with E-state index in [9.17, 15) is 22.7 Å². The number of amides is 1. The zero-order chi connectivity index (χ0) is 24.0. The standard InChI is InChI=1S/C23H23FN4O4S/c24-19-8-9-22(33(26,31)32)21(12-19)17-4-6-18(7-5-17)23(30)28-20(14-29)11-15-2-1-3-16(10-15)13-27-25/h1-10,12-13,20,29H,11,14,25H2,(H,28,30)(H2,26,31,32)/t20-/m0/s1. The van der Waals surface area contributed by atoms with Crippen LogP contribution in [-0.4, -0.2) is 38.3 Å². The van der Waals surface area contributed by atoms with Crippen LogP contribution in [0.25, 0.3) is 11.1 Å². The van der Waals surface area contributed by atoms with Crippen molar-refractivity contribution in [3.05, 3.63) is 89.2 Å². The second kappa shape index (κ2) is 10.3. The van der Waals surface area contributed by atoms with Crippen molar-refractivity contribution >= 4 is 22.1 Å². The first-order valence-electron chi connectivity index (χ1n) is 9.88. The summed E-state index contributed by atoms with van der Waals surface area (Å²) in [5.74, 6) is 4.13. The first-order chi connectivity index (χ1) is 15.7. The Morgan fingerprint density at radius 2 is 1.85 bits per heavy atom. The van der Waals surface area contributed by atoms with E-state index in [4.69, 9.17) is 11.0 Å². The molecule has 33 heavy (non-hydrogen) atoms. The van der Waals surface area contributed by atoms with Crippen LogP contribution < -0.4 is 16.3 Å². The molecule has 0 aliphatic rings. The van der Waals surface area contributed by atoms with Crippen LogP contribution in [0.5, 0.6) is 0 Å². The highest BCUT2D eigenvalue weighted by Gasteiger charge is 2.18. The van der Waals surface area contributed by atoms with Gasteiger partial charge in [-0.25, -0.2) is 17.9 Å². The number of aliphatic hydroxyl groups excluding tert-OH is 1. The average molecular weight is 471 g/mol. The van der Waals surface area contributed by atoms with Crippen molar-refractivity contribution in [3.63, 3.8) is 0 Å². The van der Waals surface area contributed by atoms with E-state index >= 15 is 0 Å². The number of nitrogens with one attached hydrogen (secondary N) is 1. The number of rotatable bonds is 8. The van der Waals surface area contributed by atoms with Crippen molar-refractivity contribution in [1.29, 1.82) is 0 Å². The molecular weight excluding hydrogens is 447 g/mol. The van der Waals surface area contributed by atoms with Gasteiger partial charge in [0.25, 0.3) is 5.91 Å². The fraction of sp³-hybridized carbons (Fsp3) is 0.130. The molecule has 8 nitrogen and oxygen atoms in total. The van der Waals surface area contributed by atoms with Gasteiger partial charge in [-0.05, 0) is 53.4 Å². The Hall–Kier alpha value is -3.60. The van der Waals surface area contributed by atoms with Gasteiger partial charge in [-0.1, -0.05) is 36.4 Å². The van der Waals surface area contributed by atoms with Gasteiger partial charge in [0.15, 0.2) is 0 Å². The van der Waals surface area contributed by atoms with Gasteiger partial charge in [0.05, 0.1) is 23.8 Å². The van der Waals surface area contributed by atoms with Crippen LogP contribution in [0.1, 0.15) is 21.5 Å². The third-order valence-corrected chi connectivity index (χ3v) is 5.89. The maximum absolute atomic E-state index is 13.7. The molecule has 0 bridgehead atoms. The summed E-state index contributed by atoms with van der Waals surface area (Å²) in [5.41, 5.74) is 2.44. The molecule has 0 aliphatic heterocycles. The average Bonchev–Trinajstić information content (AvgIpc) is 2.78. The number of benzene rings is 3. The van der Waals surface area contributed by atoms with Crippen LogP contribution in [0, 0.1) is 5.82 Å². The lowest BCUT2D eigenvalue weighted by Gasteiger charge is -2.17. The summed E-state index contributed by atoms with van der Waals surface area (Å²) in [4.78, 5) is 12.4. The molecule has 0 radical (unpaired) electrons. The number of carbonyl (C=O) groups excluding carboxylic acids is 1. The van der Waals surface area contributed by atoms with Gasteiger partial charge in [0.1, 0.15) is 5.82 Å².